The highest BCUT2D eigenvalue weighted by molar-refractivity contribution is 6.04. The quantitative estimate of drug-likeness (QED) is 0.830. The number of rotatable bonds is 2. The molecule has 0 atom stereocenters. The summed E-state index contributed by atoms with van der Waals surface area (Å²) in [5.41, 5.74) is 3.73. The predicted octanol–water partition coefficient (Wildman–Crippen LogP) is 2.29. The van der Waals surface area contributed by atoms with Crippen LogP contribution in [0.4, 0.5) is 5.69 Å². The van der Waals surface area contributed by atoms with Crippen molar-refractivity contribution >= 4 is 11.6 Å². The number of pyridine rings is 1. The topological polar surface area (TPSA) is 62.2 Å². The number of amides is 1. The second kappa shape index (κ2) is 6.69. The van der Waals surface area contributed by atoms with Crippen LogP contribution in [0.3, 0.4) is 0 Å². The van der Waals surface area contributed by atoms with Crippen LogP contribution in [0.1, 0.15) is 27.2 Å². The largest absolute Gasteiger partial charge is 0.384 e. The molecule has 21 heavy (non-hydrogen) atoms. The van der Waals surface area contributed by atoms with Gasteiger partial charge < -0.3 is 10.4 Å². The normalized spacial score (nSPS) is 9.67. The number of aliphatic hydroxyl groups is 1. The minimum absolute atomic E-state index is 0.179. The van der Waals surface area contributed by atoms with E-state index in [1.165, 1.54) is 0 Å². The van der Waals surface area contributed by atoms with Crippen LogP contribution in [-0.2, 0) is 0 Å². The van der Waals surface area contributed by atoms with Crippen LogP contribution in [0.15, 0.2) is 36.5 Å². The van der Waals surface area contributed by atoms with Crippen LogP contribution < -0.4 is 5.32 Å². The Morgan fingerprint density at radius 2 is 2.14 bits per heavy atom. The van der Waals surface area contributed by atoms with E-state index in [4.69, 9.17) is 5.11 Å². The van der Waals surface area contributed by atoms with E-state index in [0.29, 0.717) is 11.3 Å². The summed E-state index contributed by atoms with van der Waals surface area (Å²) >= 11 is 0. The Morgan fingerprint density at radius 3 is 2.81 bits per heavy atom. The van der Waals surface area contributed by atoms with E-state index < -0.39 is 0 Å². The zero-order valence-corrected chi connectivity index (χ0v) is 12.0. The van der Waals surface area contributed by atoms with E-state index >= 15 is 0 Å². The molecule has 0 unspecified atom stereocenters. The number of aliphatic hydroxyl groups excluding tert-OH is 1. The zero-order valence-electron chi connectivity index (χ0n) is 12.0. The summed E-state index contributed by atoms with van der Waals surface area (Å²) in [6, 6.07) is 8.87. The fourth-order valence-electron chi connectivity index (χ4n) is 1.89. The van der Waals surface area contributed by atoms with Crippen molar-refractivity contribution in [3.05, 3.63) is 58.9 Å². The molecule has 0 radical (unpaired) electrons. The van der Waals surface area contributed by atoms with Crippen LogP contribution in [0.5, 0.6) is 0 Å². The molecule has 2 rings (SSSR count). The van der Waals surface area contributed by atoms with E-state index in [9.17, 15) is 4.79 Å². The molecule has 1 heterocycles. The number of anilines is 1. The number of benzene rings is 1. The van der Waals surface area contributed by atoms with Gasteiger partial charge in [0.2, 0.25) is 0 Å². The molecule has 0 aliphatic rings. The van der Waals surface area contributed by atoms with Crippen molar-refractivity contribution in [1.82, 2.24) is 4.98 Å². The number of aromatic nitrogens is 1. The molecule has 0 spiro atoms. The summed E-state index contributed by atoms with van der Waals surface area (Å²) in [6.45, 7) is 3.55. The summed E-state index contributed by atoms with van der Waals surface area (Å²) in [5.74, 6) is 5.26. The van der Waals surface area contributed by atoms with Gasteiger partial charge in [0.15, 0.2) is 0 Å². The average molecular weight is 280 g/mol. The van der Waals surface area contributed by atoms with Crippen molar-refractivity contribution in [2.24, 2.45) is 0 Å². The Hall–Kier alpha value is -2.64. The number of aryl methyl sites for hydroxylation is 2. The van der Waals surface area contributed by atoms with Crippen molar-refractivity contribution in [3.8, 4) is 11.8 Å². The highest BCUT2D eigenvalue weighted by Crippen LogP contribution is 2.15. The molecule has 106 valence electrons. The SMILES string of the molecule is Cc1cc(C(=O)Nc2cccnc2C)ccc1C#CCO. The molecular formula is C17H16N2O2. The van der Waals surface area contributed by atoms with Gasteiger partial charge in [-0.15, -0.1) is 0 Å². The molecule has 1 amide bonds. The van der Waals surface area contributed by atoms with Gasteiger partial charge in [0, 0.05) is 17.3 Å². The van der Waals surface area contributed by atoms with Crippen molar-refractivity contribution in [1.29, 1.82) is 0 Å². The first-order valence-electron chi connectivity index (χ1n) is 6.55. The second-order valence-corrected chi connectivity index (χ2v) is 4.58. The Bertz CT molecular complexity index is 727. The zero-order chi connectivity index (χ0) is 15.2. The van der Waals surface area contributed by atoms with Gasteiger partial charge in [-0.2, -0.15) is 0 Å². The summed E-state index contributed by atoms with van der Waals surface area (Å²) in [5, 5.41) is 11.5. The van der Waals surface area contributed by atoms with Gasteiger partial charge in [0.1, 0.15) is 6.61 Å². The van der Waals surface area contributed by atoms with Crippen molar-refractivity contribution in [2.45, 2.75) is 13.8 Å². The molecule has 0 saturated heterocycles. The van der Waals surface area contributed by atoms with Gasteiger partial charge in [-0.25, -0.2) is 0 Å². The lowest BCUT2D eigenvalue weighted by molar-refractivity contribution is 0.102. The smallest absolute Gasteiger partial charge is 0.255 e. The third-order valence-corrected chi connectivity index (χ3v) is 3.05. The summed E-state index contributed by atoms with van der Waals surface area (Å²) < 4.78 is 0. The molecule has 0 aliphatic carbocycles. The number of nitrogens with one attached hydrogen (secondary N) is 1. The fourth-order valence-corrected chi connectivity index (χ4v) is 1.89. The first kappa shape index (κ1) is 14.8. The number of hydrogen-bond donors (Lipinski definition) is 2. The molecular weight excluding hydrogens is 264 g/mol. The minimum atomic E-state index is -0.184. The summed E-state index contributed by atoms with van der Waals surface area (Å²) in [7, 11) is 0. The Labute approximate surface area is 123 Å². The second-order valence-electron chi connectivity index (χ2n) is 4.58. The number of hydrogen-bond acceptors (Lipinski definition) is 3. The van der Waals surface area contributed by atoms with E-state index in [1.807, 2.05) is 19.9 Å². The molecule has 0 saturated carbocycles. The third kappa shape index (κ3) is 3.68. The van der Waals surface area contributed by atoms with Crippen LogP contribution in [0.2, 0.25) is 0 Å². The highest BCUT2D eigenvalue weighted by Gasteiger charge is 2.09. The monoisotopic (exact) mass is 280 g/mol. The molecule has 0 bridgehead atoms. The lowest BCUT2D eigenvalue weighted by atomic mass is 10.0. The van der Waals surface area contributed by atoms with Crippen molar-refractivity contribution < 1.29 is 9.90 Å². The predicted molar refractivity (Wildman–Crippen MR) is 82.1 cm³/mol. The Morgan fingerprint density at radius 1 is 1.33 bits per heavy atom. The first-order chi connectivity index (χ1) is 10.1. The summed E-state index contributed by atoms with van der Waals surface area (Å²) in [6.07, 6.45) is 1.68. The Balaban J connectivity index is 2.21. The minimum Gasteiger partial charge on any atom is -0.384 e. The number of nitrogens with zero attached hydrogens (tertiary/aromatic N) is 1. The molecule has 2 N–H and O–H groups in total. The maximum Gasteiger partial charge on any atom is 0.255 e. The van der Waals surface area contributed by atoms with Gasteiger partial charge >= 0.3 is 0 Å². The van der Waals surface area contributed by atoms with E-state index in [2.05, 4.69) is 22.1 Å². The molecule has 0 aliphatic heterocycles. The van der Waals surface area contributed by atoms with Gasteiger partial charge in [-0.05, 0) is 49.7 Å². The van der Waals surface area contributed by atoms with Crippen molar-refractivity contribution in [3.63, 3.8) is 0 Å². The van der Waals surface area contributed by atoms with Crippen LogP contribution in [-0.4, -0.2) is 22.6 Å². The molecule has 4 heteroatoms. The molecule has 4 nitrogen and oxygen atoms in total. The molecule has 2 aromatic rings. The van der Waals surface area contributed by atoms with Crippen molar-refractivity contribution in [2.75, 3.05) is 11.9 Å². The summed E-state index contributed by atoms with van der Waals surface area (Å²) in [4.78, 5) is 16.4. The van der Waals surface area contributed by atoms with Crippen LogP contribution in [0.25, 0.3) is 0 Å². The fraction of sp³-hybridized carbons (Fsp3) is 0.176. The van der Waals surface area contributed by atoms with E-state index in [-0.39, 0.29) is 12.5 Å². The van der Waals surface area contributed by atoms with Crippen LogP contribution >= 0.6 is 0 Å². The average Bonchev–Trinajstić information content (AvgIpc) is 2.48. The highest BCUT2D eigenvalue weighted by atomic mass is 16.2. The van der Waals surface area contributed by atoms with E-state index in [1.54, 1.807) is 30.5 Å². The lowest BCUT2D eigenvalue weighted by Gasteiger charge is -2.08. The lowest BCUT2D eigenvalue weighted by Crippen LogP contribution is -2.13. The maximum atomic E-state index is 12.2. The standard InChI is InChI=1S/C17H16N2O2/c1-12-11-15(8-7-14(12)5-4-10-20)17(21)19-16-6-3-9-18-13(16)2/h3,6-9,11,20H,10H2,1-2H3,(H,19,21). The van der Waals surface area contributed by atoms with E-state index in [0.717, 1.165) is 16.8 Å². The van der Waals surface area contributed by atoms with Gasteiger partial charge in [0.25, 0.3) is 5.91 Å². The first-order valence-corrected chi connectivity index (χ1v) is 6.55. The van der Waals surface area contributed by atoms with Gasteiger partial charge in [0.05, 0.1) is 11.4 Å². The third-order valence-electron chi connectivity index (χ3n) is 3.05. The van der Waals surface area contributed by atoms with Crippen LogP contribution in [0, 0.1) is 25.7 Å². The number of carbonyl (C=O) groups excluding carboxylic acids is 1. The van der Waals surface area contributed by atoms with Gasteiger partial charge in [-0.1, -0.05) is 11.8 Å². The Kier molecular flexibility index (Phi) is 4.70. The maximum absolute atomic E-state index is 12.2. The molecule has 1 aromatic heterocycles. The molecule has 1 aromatic carbocycles. The molecule has 0 fully saturated rings. The van der Waals surface area contributed by atoms with Gasteiger partial charge in [-0.3, -0.25) is 9.78 Å². The number of carbonyl (C=O) groups is 1.